The minimum atomic E-state index is -0.214. The fourth-order valence-electron chi connectivity index (χ4n) is 2.02. The first-order chi connectivity index (χ1) is 8.50. The van der Waals surface area contributed by atoms with Gasteiger partial charge >= 0.3 is 0 Å². The van der Waals surface area contributed by atoms with E-state index in [1.807, 2.05) is 0 Å². The van der Waals surface area contributed by atoms with Gasteiger partial charge in [0.05, 0.1) is 0 Å². The van der Waals surface area contributed by atoms with Crippen LogP contribution in [0.4, 0.5) is 4.39 Å². The molecule has 0 radical (unpaired) electrons. The molecule has 1 aromatic rings. The predicted octanol–water partition coefficient (Wildman–Crippen LogP) is 4.44. The van der Waals surface area contributed by atoms with Crippen molar-refractivity contribution >= 4 is 11.6 Å². The summed E-state index contributed by atoms with van der Waals surface area (Å²) in [5.41, 5.74) is 1.02. The third-order valence-corrected chi connectivity index (χ3v) is 3.83. The first kappa shape index (κ1) is 15.5. The molecular formula is C15H23ClFN. The maximum absolute atomic E-state index is 13.3. The highest BCUT2D eigenvalue weighted by Crippen LogP contribution is 2.29. The smallest absolute Gasteiger partial charge is 0.123 e. The van der Waals surface area contributed by atoms with Crippen molar-refractivity contribution in [1.29, 1.82) is 0 Å². The molecule has 102 valence electrons. The second-order valence-corrected chi connectivity index (χ2v) is 5.66. The summed E-state index contributed by atoms with van der Waals surface area (Å²) < 4.78 is 13.3. The molecule has 0 heterocycles. The highest BCUT2D eigenvalue weighted by molar-refractivity contribution is 6.31. The van der Waals surface area contributed by atoms with Crippen LogP contribution in [0.5, 0.6) is 0 Å². The maximum Gasteiger partial charge on any atom is 0.123 e. The van der Waals surface area contributed by atoms with Gasteiger partial charge in [0.2, 0.25) is 0 Å². The lowest BCUT2D eigenvalue weighted by molar-refractivity contribution is 0.290. The summed E-state index contributed by atoms with van der Waals surface area (Å²) in [7, 11) is 0. The summed E-state index contributed by atoms with van der Waals surface area (Å²) >= 11 is 6.13. The van der Waals surface area contributed by atoms with Crippen molar-refractivity contribution in [3.8, 4) is 0 Å². The van der Waals surface area contributed by atoms with E-state index in [2.05, 4.69) is 26.1 Å². The largest absolute Gasteiger partial charge is 0.316 e. The maximum atomic E-state index is 13.3. The molecule has 0 fully saturated rings. The number of benzene rings is 1. The summed E-state index contributed by atoms with van der Waals surface area (Å²) in [6.45, 7) is 8.49. The fraction of sp³-hybridized carbons (Fsp3) is 0.600. The Kier molecular flexibility index (Phi) is 6.10. The molecule has 1 unspecified atom stereocenters. The molecule has 18 heavy (non-hydrogen) atoms. The molecule has 0 saturated heterocycles. The molecule has 1 aromatic carbocycles. The summed E-state index contributed by atoms with van der Waals surface area (Å²) in [4.78, 5) is 0. The number of hydrogen-bond acceptors (Lipinski definition) is 1. The van der Waals surface area contributed by atoms with Crippen molar-refractivity contribution in [2.24, 2.45) is 5.41 Å². The van der Waals surface area contributed by atoms with Gasteiger partial charge in [-0.15, -0.1) is 0 Å². The van der Waals surface area contributed by atoms with Crippen molar-refractivity contribution in [3.63, 3.8) is 0 Å². The monoisotopic (exact) mass is 271 g/mol. The molecule has 1 rings (SSSR count). The van der Waals surface area contributed by atoms with E-state index < -0.39 is 0 Å². The number of halogens is 2. The van der Waals surface area contributed by atoms with E-state index in [0.29, 0.717) is 5.02 Å². The van der Waals surface area contributed by atoms with E-state index in [4.69, 9.17) is 11.6 Å². The molecule has 0 aliphatic carbocycles. The molecule has 0 amide bonds. The Morgan fingerprint density at radius 2 is 2.06 bits per heavy atom. The Bertz CT molecular complexity index is 381. The van der Waals surface area contributed by atoms with E-state index in [-0.39, 0.29) is 11.2 Å². The van der Waals surface area contributed by atoms with E-state index >= 15 is 0 Å². The van der Waals surface area contributed by atoms with E-state index in [0.717, 1.165) is 37.9 Å². The Hall–Kier alpha value is -0.600. The van der Waals surface area contributed by atoms with Gasteiger partial charge in [0.1, 0.15) is 5.82 Å². The number of hydrogen-bond donors (Lipinski definition) is 1. The molecule has 0 aliphatic heterocycles. The predicted molar refractivity (Wildman–Crippen MR) is 76.7 cm³/mol. The standard InChI is InChI=1S/C15H23ClFN/c1-4-8-18-11-15(3,5-2)10-12-9-13(17)6-7-14(12)16/h6-7,9,18H,4-5,8,10-11H2,1-3H3. The van der Waals surface area contributed by atoms with Crippen molar-refractivity contribution < 1.29 is 4.39 Å². The fourth-order valence-corrected chi connectivity index (χ4v) is 2.20. The number of rotatable bonds is 7. The van der Waals surface area contributed by atoms with Crippen LogP contribution in [0.2, 0.25) is 5.02 Å². The lowest BCUT2D eigenvalue weighted by Gasteiger charge is -2.29. The Morgan fingerprint density at radius 1 is 1.33 bits per heavy atom. The molecule has 0 bridgehead atoms. The molecule has 0 spiro atoms. The van der Waals surface area contributed by atoms with E-state index in [1.54, 1.807) is 12.1 Å². The van der Waals surface area contributed by atoms with Crippen molar-refractivity contribution in [3.05, 3.63) is 34.6 Å². The third kappa shape index (κ3) is 4.58. The van der Waals surface area contributed by atoms with Gasteiger partial charge in [-0.3, -0.25) is 0 Å². The van der Waals surface area contributed by atoms with Gasteiger partial charge in [-0.1, -0.05) is 32.4 Å². The summed E-state index contributed by atoms with van der Waals surface area (Å²) in [6.07, 6.45) is 2.97. The summed E-state index contributed by atoms with van der Waals surface area (Å²) in [6, 6.07) is 4.60. The Labute approximate surface area is 115 Å². The van der Waals surface area contributed by atoms with Gasteiger partial charge in [0.15, 0.2) is 0 Å². The number of nitrogens with one attached hydrogen (secondary N) is 1. The molecule has 0 aromatic heterocycles. The molecule has 0 saturated carbocycles. The van der Waals surface area contributed by atoms with Gasteiger partial charge in [0, 0.05) is 11.6 Å². The van der Waals surface area contributed by atoms with Crippen molar-refractivity contribution in [2.45, 2.75) is 40.0 Å². The van der Waals surface area contributed by atoms with Crippen LogP contribution in [-0.4, -0.2) is 13.1 Å². The summed E-state index contributed by atoms with van der Waals surface area (Å²) in [5.74, 6) is -0.214. The SMILES string of the molecule is CCCNCC(C)(CC)Cc1cc(F)ccc1Cl. The van der Waals surface area contributed by atoms with Gasteiger partial charge in [-0.2, -0.15) is 0 Å². The van der Waals surface area contributed by atoms with Crippen LogP contribution in [0.1, 0.15) is 39.2 Å². The molecule has 1 atom stereocenters. The average molecular weight is 272 g/mol. The third-order valence-electron chi connectivity index (χ3n) is 3.46. The minimum absolute atomic E-state index is 0.118. The average Bonchev–Trinajstić information content (AvgIpc) is 2.34. The lowest BCUT2D eigenvalue weighted by Crippen LogP contribution is -2.33. The Balaban J connectivity index is 2.74. The highest BCUT2D eigenvalue weighted by atomic mass is 35.5. The molecule has 0 aliphatic rings. The second kappa shape index (κ2) is 7.10. The van der Waals surface area contributed by atoms with Crippen LogP contribution in [0.15, 0.2) is 18.2 Å². The lowest BCUT2D eigenvalue weighted by atomic mass is 9.81. The zero-order valence-electron chi connectivity index (χ0n) is 11.5. The van der Waals surface area contributed by atoms with Gasteiger partial charge < -0.3 is 5.32 Å². The van der Waals surface area contributed by atoms with Crippen LogP contribution in [-0.2, 0) is 6.42 Å². The van der Waals surface area contributed by atoms with Crippen LogP contribution in [0.25, 0.3) is 0 Å². The minimum Gasteiger partial charge on any atom is -0.316 e. The Morgan fingerprint density at radius 3 is 2.67 bits per heavy atom. The normalized spacial score (nSPS) is 14.5. The molecular weight excluding hydrogens is 249 g/mol. The summed E-state index contributed by atoms with van der Waals surface area (Å²) in [5, 5.41) is 4.10. The zero-order chi connectivity index (χ0) is 13.6. The van der Waals surface area contributed by atoms with Gasteiger partial charge in [-0.05, 0) is 55.0 Å². The van der Waals surface area contributed by atoms with Gasteiger partial charge in [-0.25, -0.2) is 4.39 Å². The van der Waals surface area contributed by atoms with Crippen LogP contribution >= 0.6 is 11.6 Å². The molecule has 1 N–H and O–H groups in total. The van der Waals surface area contributed by atoms with Crippen LogP contribution < -0.4 is 5.32 Å². The van der Waals surface area contributed by atoms with Gasteiger partial charge in [0.25, 0.3) is 0 Å². The second-order valence-electron chi connectivity index (χ2n) is 5.25. The van der Waals surface area contributed by atoms with E-state index in [9.17, 15) is 4.39 Å². The van der Waals surface area contributed by atoms with E-state index in [1.165, 1.54) is 6.07 Å². The highest BCUT2D eigenvalue weighted by Gasteiger charge is 2.23. The van der Waals surface area contributed by atoms with Crippen molar-refractivity contribution in [1.82, 2.24) is 5.32 Å². The zero-order valence-corrected chi connectivity index (χ0v) is 12.3. The first-order valence-corrected chi connectivity index (χ1v) is 7.03. The van der Waals surface area contributed by atoms with Crippen LogP contribution in [0, 0.1) is 11.2 Å². The van der Waals surface area contributed by atoms with Crippen molar-refractivity contribution in [2.75, 3.05) is 13.1 Å². The topological polar surface area (TPSA) is 12.0 Å². The molecule has 3 heteroatoms. The quantitative estimate of drug-likeness (QED) is 0.723. The first-order valence-electron chi connectivity index (χ1n) is 6.65. The molecule has 1 nitrogen and oxygen atoms in total. The van der Waals surface area contributed by atoms with Crippen LogP contribution in [0.3, 0.4) is 0 Å².